The third-order valence-electron chi connectivity index (χ3n) is 5.10. The summed E-state index contributed by atoms with van der Waals surface area (Å²) in [7, 11) is 1.79. The molecule has 8 nitrogen and oxygen atoms in total. The third kappa shape index (κ3) is 3.49. The van der Waals surface area contributed by atoms with Crippen molar-refractivity contribution in [3.8, 4) is 0 Å². The molecule has 0 aliphatic carbocycles. The quantitative estimate of drug-likeness (QED) is 0.763. The second kappa shape index (κ2) is 7.07. The van der Waals surface area contributed by atoms with E-state index in [-0.39, 0.29) is 5.92 Å². The van der Waals surface area contributed by atoms with Crippen LogP contribution in [0.15, 0.2) is 0 Å². The Morgan fingerprint density at radius 3 is 2.50 bits per heavy atom. The molecule has 0 N–H and O–H groups in total. The van der Waals surface area contributed by atoms with Gasteiger partial charge >= 0.3 is 0 Å². The molecule has 2 aliphatic rings. The fraction of sp³-hybridized carbons (Fsp3) is 0.867. The molecular formula is C15H28N6O2S. The molecule has 1 unspecified atom stereocenters. The van der Waals surface area contributed by atoms with Gasteiger partial charge in [-0.1, -0.05) is 0 Å². The van der Waals surface area contributed by atoms with Gasteiger partial charge in [-0.15, -0.1) is 10.2 Å². The van der Waals surface area contributed by atoms with Crippen LogP contribution in [0, 0.1) is 0 Å². The average Bonchev–Trinajstić information content (AvgIpc) is 3.19. The lowest BCUT2D eigenvalue weighted by Crippen LogP contribution is -2.45. The fourth-order valence-corrected chi connectivity index (χ4v) is 4.79. The summed E-state index contributed by atoms with van der Waals surface area (Å²) in [5.41, 5.74) is 0. The highest BCUT2D eigenvalue weighted by molar-refractivity contribution is 7.86. The highest BCUT2D eigenvalue weighted by atomic mass is 32.2. The van der Waals surface area contributed by atoms with Crippen LogP contribution >= 0.6 is 0 Å². The monoisotopic (exact) mass is 356 g/mol. The van der Waals surface area contributed by atoms with Gasteiger partial charge in [0.15, 0.2) is 0 Å². The number of aromatic nitrogens is 3. The highest BCUT2D eigenvalue weighted by Crippen LogP contribution is 2.28. The summed E-state index contributed by atoms with van der Waals surface area (Å²) >= 11 is 0. The van der Waals surface area contributed by atoms with Crippen LogP contribution in [0.5, 0.6) is 0 Å². The lowest BCUT2D eigenvalue weighted by Gasteiger charge is -2.33. The molecule has 0 saturated carbocycles. The molecule has 24 heavy (non-hydrogen) atoms. The number of hydrogen-bond acceptors (Lipinski definition) is 5. The Kier molecular flexibility index (Phi) is 5.24. The van der Waals surface area contributed by atoms with E-state index in [4.69, 9.17) is 0 Å². The van der Waals surface area contributed by atoms with Gasteiger partial charge in [0, 0.05) is 40.2 Å². The number of rotatable bonds is 5. The summed E-state index contributed by atoms with van der Waals surface area (Å²) in [6.07, 6.45) is 4.32. The van der Waals surface area contributed by atoms with Gasteiger partial charge in [-0.05, 0) is 38.8 Å². The van der Waals surface area contributed by atoms with Crippen molar-refractivity contribution in [1.82, 2.24) is 28.3 Å². The van der Waals surface area contributed by atoms with E-state index < -0.39 is 10.2 Å². The first-order valence-electron chi connectivity index (χ1n) is 8.67. The van der Waals surface area contributed by atoms with Crippen molar-refractivity contribution < 1.29 is 8.42 Å². The maximum Gasteiger partial charge on any atom is 0.281 e. The van der Waals surface area contributed by atoms with E-state index in [1.807, 2.05) is 7.05 Å². The standard InChI is InChI=1S/C15H28N6O2S/c1-18(2)24(22,23)21-10-6-7-13(11-21)15-17-16-14(19(15)3)12-20-8-4-5-9-20/h13H,4-12H2,1-3H3. The number of hydrogen-bond donors (Lipinski definition) is 0. The summed E-state index contributed by atoms with van der Waals surface area (Å²) in [6.45, 7) is 4.14. The van der Waals surface area contributed by atoms with E-state index in [2.05, 4.69) is 19.7 Å². The molecule has 0 bridgehead atoms. The van der Waals surface area contributed by atoms with Gasteiger partial charge in [0.2, 0.25) is 0 Å². The summed E-state index contributed by atoms with van der Waals surface area (Å²) in [5.74, 6) is 1.99. The molecule has 2 aliphatic heterocycles. The van der Waals surface area contributed by atoms with Crippen molar-refractivity contribution in [2.24, 2.45) is 7.05 Å². The van der Waals surface area contributed by atoms with E-state index in [9.17, 15) is 8.42 Å². The molecule has 2 saturated heterocycles. The van der Waals surface area contributed by atoms with Crippen LogP contribution in [-0.2, 0) is 23.8 Å². The second-order valence-electron chi connectivity index (χ2n) is 7.00. The molecule has 0 radical (unpaired) electrons. The molecule has 0 amide bonds. The molecule has 136 valence electrons. The average molecular weight is 356 g/mol. The zero-order chi connectivity index (χ0) is 17.3. The Morgan fingerprint density at radius 2 is 1.83 bits per heavy atom. The van der Waals surface area contributed by atoms with Crippen molar-refractivity contribution in [3.63, 3.8) is 0 Å². The van der Waals surface area contributed by atoms with Crippen LogP contribution < -0.4 is 0 Å². The van der Waals surface area contributed by atoms with Crippen LogP contribution in [0.2, 0.25) is 0 Å². The minimum atomic E-state index is -3.36. The maximum absolute atomic E-state index is 12.4. The Bertz CT molecular complexity index is 666. The largest absolute Gasteiger partial charge is 0.317 e. The minimum absolute atomic E-state index is 0.110. The van der Waals surface area contributed by atoms with Crippen LogP contribution in [-0.4, -0.2) is 77.0 Å². The molecule has 0 aromatic carbocycles. The fourth-order valence-electron chi connectivity index (χ4n) is 3.60. The minimum Gasteiger partial charge on any atom is -0.317 e. The van der Waals surface area contributed by atoms with Gasteiger partial charge in [-0.25, -0.2) is 0 Å². The van der Waals surface area contributed by atoms with Crippen molar-refractivity contribution in [3.05, 3.63) is 11.6 Å². The van der Waals surface area contributed by atoms with E-state index in [1.165, 1.54) is 17.1 Å². The van der Waals surface area contributed by atoms with E-state index in [1.54, 1.807) is 18.4 Å². The number of likely N-dealkylation sites (tertiary alicyclic amines) is 1. The van der Waals surface area contributed by atoms with E-state index in [0.29, 0.717) is 13.1 Å². The molecule has 1 aromatic heterocycles. The van der Waals surface area contributed by atoms with Gasteiger partial charge in [-0.3, -0.25) is 4.90 Å². The third-order valence-corrected chi connectivity index (χ3v) is 7.01. The molecule has 9 heteroatoms. The molecule has 1 aromatic rings. The SMILES string of the molecule is CN(C)S(=O)(=O)N1CCCC(c2nnc(CN3CCCC3)n2C)C1. The lowest BCUT2D eigenvalue weighted by molar-refractivity contribution is 0.288. The molecule has 1 atom stereocenters. The normalized spacial score (nSPS) is 24.1. The predicted molar refractivity (Wildman–Crippen MR) is 91.7 cm³/mol. The first-order chi connectivity index (χ1) is 11.4. The highest BCUT2D eigenvalue weighted by Gasteiger charge is 2.33. The molecule has 0 spiro atoms. The van der Waals surface area contributed by atoms with Crippen molar-refractivity contribution in [2.75, 3.05) is 40.3 Å². The Hall–Kier alpha value is -1.03. The first kappa shape index (κ1) is 17.8. The second-order valence-corrected chi connectivity index (χ2v) is 9.15. The predicted octanol–water partition coefficient (Wildman–Crippen LogP) is 0.397. The molecule has 2 fully saturated rings. The van der Waals surface area contributed by atoms with Gasteiger partial charge in [0.1, 0.15) is 11.6 Å². The molecular weight excluding hydrogens is 328 g/mol. The smallest absolute Gasteiger partial charge is 0.281 e. The zero-order valence-corrected chi connectivity index (χ0v) is 15.7. The Balaban J connectivity index is 1.73. The van der Waals surface area contributed by atoms with Crippen LogP contribution in [0.4, 0.5) is 0 Å². The maximum atomic E-state index is 12.4. The first-order valence-corrected chi connectivity index (χ1v) is 10.1. The summed E-state index contributed by atoms with van der Waals surface area (Å²) in [5, 5.41) is 8.76. The van der Waals surface area contributed by atoms with E-state index in [0.717, 1.165) is 44.1 Å². The number of piperidine rings is 1. The zero-order valence-electron chi connectivity index (χ0n) is 14.8. The molecule has 3 rings (SSSR count). The Labute approximate surface area is 144 Å². The lowest BCUT2D eigenvalue weighted by atomic mass is 9.99. The topological polar surface area (TPSA) is 74.6 Å². The summed E-state index contributed by atoms with van der Waals surface area (Å²) in [4.78, 5) is 2.40. The van der Waals surface area contributed by atoms with E-state index >= 15 is 0 Å². The van der Waals surface area contributed by atoms with Crippen molar-refractivity contribution >= 4 is 10.2 Å². The van der Waals surface area contributed by atoms with Gasteiger partial charge in [0.05, 0.1) is 6.54 Å². The van der Waals surface area contributed by atoms with Crippen molar-refractivity contribution in [2.45, 2.75) is 38.1 Å². The molecule has 3 heterocycles. The van der Waals surface area contributed by atoms with Crippen LogP contribution in [0.1, 0.15) is 43.3 Å². The van der Waals surface area contributed by atoms with Gasteiger partial charge in [0.25, 0.3) is 10.2 Å². The van der Waals surface area contributed by atoms with Crippen LogP contribution in [0.25, 0.3) is 0 Å². The summed E-state index contributed by atoms with van der Waals surface area (Å²) < 4.78 is 29.7. The van der Waals surface area contributed by atoms with Gasteiger partial charge < -0.3 is 4.57 Å². The number of nitrogens with zero attached hydrogens (tertiary/aromatic N) is 6. The van der Waals surface area contributed by atoms with Crippen LogP contribution in [0.3, 0.4) is 0 Å². The van der Waals surface area contributed by atoms with Crippen molar-refractivity contribution in [1.29, 1.82) is 0 Å². The van der Waals surface area contributed by atoms with Gasteiger partial charge in [-0.2, -0.15) is 17.0 Å². The summed E-state index contributed by atoms with van der Waals surface area (Å²) in [6, 6.07) is 0. The Morgan fingerprint density at radius 1 is 1.12 bits per heavy atom.